The molecule has 1 rings (SSSR count). The molecule has 0 bridgehead atoms. The molecule has 0 N–H and O–H groups in total. The molecule has 0 aromatic carbocycles. The lowest BCUT2D eigenvalue weighted by atomic mass is 10.1. The molecule has 1 fully saturated rings. The molecule has 0 radical (unpaired) electrons. The van der Waals surface area contributed by atoms with Crippen molar-refractivity contribution in [1.82, 2.24) is 4.90 Å². The van der Waals surface area contributed by atoms with Crippen molar-refractivity contribution in [2.24, 2.45) is 0 Å². The molecule has 14 heavy (non-hydrogen) atoms. The van der Waals surface area contributed by atoms with Crippen LogP contribution >= 0.6 is 0 Å². The lowest BCUT2D eigenvalue weighted by Gasteiger charge is -2.36. The van der Waals surface area contributed by atoms with E-state index < -0.39 is 18.1 Å². The Labute approximate surface area is 81.3 Å². The molecule has 5 nitrogen and oxygen atoms in total. The van der Waals surface area contributed by atoms with Crippen LogP contribution in [0.25, 0.3) is 0 Å². The molecule has 1 aliphatic rings. The maximum Gasteiger partial charge on any atom is 0.307 e. The normalized spacial score (nSPS) is 19.9. The first kappa shape index (κ1) is 10.4. The van der Waals surface area contributed by atoms with Crippen molar-refractivity contribution in [3.05, 3.63) is 12.7 Å². The predicted octanol–water partition coefficient (Wildman–Crippen LogP) is 0.211. The van der Waals surface area contributed by atoms with Crippen LogP contribution in [0.1, 0.15) is 19.8 Å². The van der Waals surface area contributed by atoms with Crippen molar-refractivity contribution in [3.8, 4) is 0 Å². The van der Waals surface area contributed by atoms with E-state index in [-0.39, 0.29) is 18.7 Å². The Morgan fingerprint density at radius 2 is 2.36 bits per heavy atom. The van der Waals surface area contributed by atoms with Crippen LogP contribution in [-0.4, -0.2) is 28.9 Å². The molecule has 76 valence electrons. The van der Waals surface area contributed by atoms with Crippen molar-refractivity contribution in [3.63, 3.8) is 0 Å². The van der Waals surface area contributed by atoms with Crippen LogP contribution < -0.4 is 0 Å². The third-order valence-corrected chi connectivity index (χ3v) is 1.87. The van der Waals surface area contributed by atoms with Crippen LogP contribution in [0.2, 0.25) is 0 Å². The molecular formula is C9H11NO4. The maximum atomic E-state index is 11.1. The fraction of sp³-hybridized carbons (Fsp3) is 0.444. The van der Waals surface area contributed by atoms with Gasteiger partial charge in [-0.15, -0.1) is 0 Å². The zero-order valence-electron chi connectivity index (χ0n) is 7.86. The number of carbonyl (C=O) groups is 3. The average Bonchev–Trinajstić information content (AvgIpc) is 2.16. The molecule has 0 spiro atoms. The molecule has 0 aromatic heterocycles. The fourth-order valence-electron chi connectivity index (χ4n) is 1.08. The number of likely N-dealkylation sites (tertiary alicyclic amines) is 1. The minimum Gasteiger partial charge on any atom is -0.440 e. The Morgan fingerprint density at radius 1 is 1.71 bits per heavy atom. The summed E-state index contributed by atoms with van der Waals surface area (Å²) in [4.78, 5) is 33.8. The van der Waals surface area contributed by atoms with Gasteiger partial charge >= 0.3 is 5.97 Å². The highest BCUT2D eigenvalue weighted by molar-refractivity contribution is 6.04. The van der Waals surface area contributed by atoms with Crippen molar-refractivity contribution in [1.29, 1.82) is 0 Å². The number of hydrogen-bond donors (Lipinski definition) is 0. The third-order valence-electron chi connectivity index (χ3n) is 1.87. The number of hydrogen-bond acceptors (Lipinski definition) is 4. The van der Waals surface area contributed by atoms with Gasteiger partial charge in [-0.25, -0.2) is 4.90 Å². The summed E-state index contributed by atoms with van der Waals surface area (Å²) >= 11 is 0. The minimum atomic E-state index is -0.736. The van der Waals surface area contributed by atoms with E-state index in [0.29, 0.717) is 0 Å². The molecule has 0 aromatic rings. The Hall–Kier alpha value is -1.65. The Morgan fingerprint density at radius 3 is 2.79 bits per heavy atom. The summed E-state index contributed by atoms with van der Waals surface area (Å²) in [5, 5.41) is 0. The van der Waals surface area contributed by atoms with Crippen LogP contribution in [-0.2, 0) is 19.1 Å². The number of esters is 1. The largest absolute Gasteiger partial charge is 0.440 e. The highest BCUT2D eigenvalue weighted by Crippen LogP contribution is 2.21. The number of carbonyl (C=O) groups excluding carboxylic acids is 3. The van der Waals surface area contributed by atoms with Crippen molar-refractivity contribution in [2.45, 2.75) is 26.0 Å². The fourth-order valence-corrected chi connectivity index (χ4v) is 1.08. The first-order chi connectivity index (χ1) is 6.60. The topological polar surface area (TPSA) is 63.7 Å². The van der Waals surface area contributed by atoms with E-state index in [1.165, 1.54) is 0 Å². The van der Waals surface area contributed by atoms with Gasteiger partial charge in [0.1, 0.15) is 0 Å². The lowest BCUT2D eigenvalue weighted by molar-refractivity contribution is -0.185. The first-order valence-corrected chi connectivity index (χ1v) is 4.28. The van der Waals surface area contributed by atoms with Crippen molar-refractivity contribution < 1.29 is 19.1 Å². The first-order valence-electron chi connectivity index (χ1n) is 4.28. The Bertz CT molecular complexity index is 297. The summed E-state index contributed by atoms with van der Waals surface area (Å²) in [6, 6.07) is 0. The van der Waals surface area contributed by atoms with Crippen LogP contribution in [0.3, 0.4) is 0 Å². The summed E-state index contributed by atoms with van der Waals surface area (Å²) in [6.07, 6.45) is 0.580. The molecule has 0 saturated carbocycles. The Kier molecular flexibility index (Phi) is 3.01. The second-order valence-corrected chi connectivity index (χ2v) is 2.81. The lowest BCUT2D eigenvalue weighted by Crippen LogP contribution is -2.56. The van der Waals surface area contributed by atoms with Crippen molar-refractivity contribution in [2.75, 3.05) is 0 Å². The summed E-state index contributed by atoms with van der Waals surface area (Å²) in [6.45, 7) is 4.89. The van der Waals surface area contributed by atoms with Crippen LogP contribution in [0, 0.1) is 0 Å². The van der Waals surface area contributed by atoms with Gasteiger partial charge in [0.2, 0.25) is 5.91 Å². The van der Waals surface area contributed by atoms with E-state index in [9.17, 15) is 14.4 Å². The molecule has 1 heterocycles. The summed E-state index contributed by atoms with van der Waals surface area (Å²) in [7, 11) is 0. The van der Waals surface area contributed by atoms with E-state index in [0.717, 1.165) is 11.0 Å². The molecule has 5 heteroatoms. The molecule has 1 aliphatic heterocycles. The summed E-state index contributed by atoms with van der Waals surface area (Å²) < 4.78 is 4.84. The van der Waals surface area contributed by atoms with Gasteiger partial charge in [0.15, 0.2) is 6.23 Å². The van der Waals surface area contributed by atoms with E-state index in [1.54, 1.807) is 6.92 Å². The van der Waals surface area contributed by atoms with Crippen LogP contribution in [0.5, 0.6) is 0 Å². The van der Waals surface area contributed by atoms with E-state index in [1.807, 2.05) is 0 Å². The molecule has 1 saturated heterocycles. The van der Waals surface area contributed by atoms with Crippen molar-refractivity contribution >= 4 is 17.8 Å². The van der Waals surface area contributed by atoms with Gasteiger partial charge in [-0.2, -0.15) is 0 Å². The van der Waals surface area contributed by atoms with Gasteiger partial charge < -0.3 is 4.74 Å². The number of ether oxygens (including phenoxy) is 1. The summed E-state index contributed by atoms with van der Waals surface area (Å²) in [5.74, 6) is -1.30. The van der Waals surface area contributed by atoms with Gasteiger partial charge in [0, 0.05) is 6.42 Å². The molecule has 1 unspecified atom stereocenters. The summed E-state index contributed by atoms with van der Waals surface area (Å²) in [5.41, 5.74) is 0. The van der Waals surface area contributed by atoms with Gasteiger partial charge in [-0.1, -0.05) is 13.5 Å². The second-order valence-electron chi connectivity index (χ2n) is 2.81. The minimum absolute atomic E-state index is 0.0747. The zero-order valence-corrected chi connectivity index (χ0v) is 7.86. The number of β-lactam (4-membered cyclic amide) rings is 1. The highest BCUT2D eigenvalue weighted by atomic mass is 16.6. The van der Waals surface area contributed by atoms with E-state index >= 15 is 0 Å². The monoisotopic (exact) mass is 197 g/mol. The van der Waals surface area contributed by atoms with Gasteiger partial charge in [0.25, 0.3) is 5.91 Å². The highest BCUT2D eigenvalue weighted by Gasteiger charge is 2.42. The number of imide groups is 1. The second kappa shape index (κ2) is 4.04. The van der Waals surface area contributed by atoms with Crippen LogP contribution in [0.15, 0.2) is 12.7 Å². The van der Waals surface area contributed by atoms with Gasteiger partial charge in [0.05, 0.1) is 6.42 Å². The predicted molar refractivity (Wildman–Crippen MR) is 46.8 cm³/mol. The quantitative estimate of drug-likeness (QED) is 0.368. The molecule has 1 atom stereocenters. The molecule has 0 aliphatic carbocycles. The molecule has 2 amide bonds. The van der Waals surface area contributed by atoms with E-state index in [4.69, 9.17) is 4.74 Å². The van der Waals surface area contributed by atoms with Crippen LogP contribution in [0.4, 0.5) is 0 Å². The number of amides is 2. The third kappa shape index (κ3) is 1.81. The smallest absolute Gasteiger partial charge is 0.307 e. The van der Waals surface area contributed by atoms with Gasteiger partial charge in [-0.05, 0) is 6.08 Å². The SMILES string of the molecule is C=CC(=O)N1C(=O)CC1OC(=O)CC. The number of rotatable bonds is 3. The standard InChI is InChI=1S/C9H11NO4/c1-3-6(11)10-7(12)5-8(10)14-9(13)4-2/h3,8H,1,4-5H2,2H3. The zero-order chi connectivity index (χ0) is 10.7. The van der Waals surface area contributed by atoms with Gasteiger partial charge in [-0.3, -0.25) is 14.4 Å². The van der Waals surface area contributed by atoms with E-state index in [2.05, 4.69) is 6.58 Å². The molecular weight excluding hydrogens is 186 g/mol. The Balaban J connectivity index is 2.57. The maximum absolute atomic E-state index is 11.1. The number of nitrogens with zero attached hydrogens (tertiary/aromatic N) is 1. The average molecular weight is 197 g/mol.